The number of amidine groups is 1. The van der Waals surface area contributed by atoms with Gasteiger partial charge in [0, 0.05) is 11.6 Å². The van der Waals surface area contributed by atoms with Crippen LogP contribution in [0.2, 0.25) is 5.02 Å². The fourth-order valence-corrected chi connectivity index (χ4v) is 6.10. The van der Waals surface area contributed by atoms with Crippen LogP contribution in [0.1, 0.15) is 57.9 Å². The van der Waals surface area contributed by atoms with Crippen molar-refractivity contribution in [1.82, 2.24) is 4.90 Å². The zero-order valence-corrected chi connectivity index (χ0v) is 23.8. The molecule has 1 heterocycles. The number of rotatable bonds is 13. The van der Waals surface area contributed by atoms with Gasteiger partial charge in [0.25, 0.3) is 15.9 Å². The molecule has 10 heteroatoms. The Morgan fingerprint density at radius 2 is 1.70 bits per heavy atom. The molecule has 0 saturated carbocycles. The second kappa shape index (κ2) is 13.9. The van der Waals surface area contributed by atoms with Crippen LogP contribution in [-0.4, -0.2) is 44.7 Å². The molecular formula is C27H33ClN2O5S2. The van der Waals surface area contributed by atoms with Gasteiger partial charge in [-0.2, -0.15) is 8.42 Å². The standard InChI is InChI=1S/C27H33ClN2O5S2/c1-4-6-7-8-9-10-17-35-24-18-20(11-16-23(24)34-3)19-25-26(31)30(5-2)27(36-25)29-37(32,33)22-14-12-21(28)13-15-22/h11-16,18-19H,4-10,17H2,1-3H3/b25-19-,29-27+. The van der Waals surface area contributed by atoms with Gasteiger partial charge in [-0.15, -0.1) is 4.40 Å². The predicted molar refractivity (Wildman–Crippen MR) is 151 cm³/mol. The van der Waals surface area contributed by atoms with Crippen LogP contribution in [0.4, 0.5) is 0 Å². The normalized spacial score (nSPS) is 16.1. The Labute approximate surface area is 228 Å². The Morgan fingerprint density at radius 1 is 1.00 bits per heavy atom. The lowest BCUT2D eigenvalue weighted by Crippen LogP contribution is -2.29. The molecule has 200 valence electrons. The van der Waals surface area contributed by atoms with Crippen LogP contribution in [0.25, 0.3) is 6.08 Å². The minimum absolute atomic E-state index is 0.00763. The molecular weight excluding hydrogens is 532 g/mol. The average molecular weight is 565 g/mol. The Hall–Kier alpha value is -2.49. The maximum atomic E-state index is 13.0. The van der Waals surface area contributed by atoms with Crippen molar-refractivity contribution in [2.24, 2.45) is 4.40 Å². The lowest BCUT2D eigenvalue weighted by atomic mass is 10.1. The smallest absolute Gasteiger partial charge is 0.284 e. The Kier molecular flexibility index (Phi) is 10.9. The zero-order chi connectivity index (χ0) is 26.8. The number of likely N-dealkylation sites (N-methyl/N-ethyl adjacent to an activating group) is 1. The average Bonchev–Trinajstić information content (AvgIpc) is 3.16. The summed E-state index contributed by atoms with van der Waals surface area (Å²) in [6, 6.07) is 11.2. The Morgan fingerprint density at radius 3 is 2.38 bits per heavy atom. The molecule has 0 aliphatic carbocycles. The molecule has 0 aromatic heterocycles. The fraction of sp³-hybridized carbons (Fsp3) is 0.407. The first-order valence-corrected chi connectivity index (χ1v) is 15.0. The number of benzene rings is 2. The summed E-state index contributed by atoms with van der Waals surface area (Å²) in [6.07, 6.45) is 8.71. The highest BCUT2D eigenvalue weighted by molar-refractivity contribution is 8.19. The van der Waals surface area contributed by atoms with Crippen LogP contribution < -0.4 is 9.47 Å². The number of hydrogen-bond acceptors (Lipinski definition) is 6. The van der Waals surface area contributed by atoms with Gasteiger partial charge >= 0.3 is 0 Å². The van der Waals surface area contributed by atoms with E-state index in [-0.39, 0.29) is 22.5 Å². The summed E-state index contributed by atoms with van der Waals surface area (Å²) in [5.74, 6) is 0.917. The van der Waals surface area contributed by atoms with E-state index in [1.54, 1.807) is 26.2 Å². The molecule has 0 atom stereocenters. The molecule has 3 rings (SSSR count). The molecule has 1 saturated heterocycles. The number of nitrogens with zero attached hydrogens (tertiary/aromatic N) is 2. The number of amides is 1. The molecule has 7 nitrogen and oxygen atoms in total. The number of thioether (sulfide) groups is 1. The fourth-order valence-electron chi connectivity index (χ4n) is 3.73. The number of methoxy groups -OCH3 is 1. The molecule has 1 aliphatic heterocycles. The van der Waals surface area contributed by atoms with Crippen molar-refractivity contribution in [1.29, 1.82) is 0 Å². The van der Waals surface area contributed by atoms with Crippen molar-refractivity contribution in [2.45, 2.75) is 57.3 Å². The quantitative estimate of drug-likeness (QED) is 0.197. The van der Waals surface area contributed by atoms with Crippen molar-refractivity contribution in [3.63, 3.8) is 0 Å². The van der Waals surface area contributed by atoms with E-state index >= 15 is 0 Å². The number of ether oxygens (including phenoxy) is 2. The van der Waals surface area contributed by atoms with Gasteiger partial charge in [0.2, 0.25) is 0 Å². The van der Waals surface area contributed by atoms with E-state index in [1.165, 1.54) is 54.8 Å². The maximum Gasteiger partial charge on any atom is 0.284 e. The largest absolute Gasteiger partial charge is 0.493 e. The second-order valence-electron chi connectivity index (χ2n) is 8.49. The van der Waals surface area contributed by atoms with Gasteiger partial charge in [0.1, 0.15) is 0 Å². The molecule has 0 N–H and O–H groups in total. The maximum absolute atomic E-state index is 13.0. The summed E-state index contributed by atoms with van der Waals surface area (Å²) >= 11 is 6.90. The van der Waals surface area contributed by atoms with Crippen LogP contribution in [0.3, 0.4) is 0 Å². The highest BCUT2D eigenvalue weighted by Gasteiger charge is 2.34. The third-order valence-corrected chi connectivity index (χ3v) is 8.41. The first-order chi connectivity index (χ1) is 17.8. The molecule has 0 spiro atoms. The summed E-state index contributed by atoms with van der Waals surface area (Å²) in [5, 5.41) is 0.536. The number of unbranched alkanes of at least 4 members (excludes halogenated alkanes) is 5. The number of carbonyl (C=O) groups is 1. The minimum atomic E-state index is -4.01. The Bertz CT molecular complexity index is 1240. The lowest BCUT2D eigenvalue weighted by molar-refractivity contribution is -0.122. The van der Waals surface area contributed by atoms with E-state index in [0.717, 1.165) is 30.2 Å². The molecule has 37 heavy (non-hydrogen) atoms. The third-order valence-electron chi connectivity index (χ3n) is 5.75. The molecule has 2 aromatic carbocycles. The monoisotopic (exact) mass is 564 g/mol. The molecule has 1 amide bonds. The van der Waals surface area contributed by atoms with Crippen LogP contribution in [0.15, 0.2) is 56.7 Å². The van der Waals surface area contributed by atoms with Gasteiger partial charge in [-0.1, -0.05) is 56.7 Å². The summed E-state index contributed by atoms with van der Waals surface area (Å²) in [4.78, 5) is 14.8. The van der Waals surface area contributed by atoms with Gasteiger partial charge in [0.05, 0.1) is 23.5 Å². The van der Waals surface area contributed by atoms with E-state index in [9.17, 15) is 13.2 Å². The summed E-state index contributed by atoms with van der Waals surface area (Å²) in [5.41, 5.74) is 0.743. The first-order valence-electron chi connectivity index (χ1n) is 12.4. The van der Waals surface area contributed by atoms with Crippen LogP contribution >= 0.6 is 23.4 Å². The summed E-state index contributed by atoms with van der Waals surface area (Å²) in [7, 11) is -2.42. The van der Waals surface area contributed by atoms with Gasteiger partial charge in [-0.25, -0.2) is 0 Å². The van der Waals surface area contributed by atoms with E-state index in [1.807, 2.05) is 12.1 Å². The topological polar surface area (TPSA) is 85.3 Å². The van der Waals surface area contributed by atoms with E-state index in [4.69, 9.17) is 21.1 Å². The van der Waals surface area contributed by atoms with Crippen molar-refractivity contribution in [3.05, 3.63) is 58.0 Å². The van der Waals surface area contributed by atoms with E-state index < -0.39 is 10.0 Å². The van der Waals surface area contributed by atoms with E-state index in [0.29, 0.717) is 28.0 Å². The highest BCUT2D eigenvalue weighted by atomic mass is 35.5. The summed E-state index contributed by atoms with van der Waals surface area (Å²) < 4.78 is 41.0. The predicted octanol–water partition coefficient (Wildman–Crippen LogP) is 6.77. The lowest BCUT2D eigenvalue weighted by Gasteiger charge is -2.12. The van der Waals surface area contributed by atoms with Crippen molar-refractivity contribution < 1.29 is 22.7 Å². The highest BCUT2D eigenvalue weighted by Crippen LogP contribution is 2.35. The molecule has 1 fully saturated rings. The minimum Gasteiger partial charge on any atom is -0.493 e. The number of sulfonamides is 1. The second-order valence-corrected chi connectivity index (χ2v) is 11.5. The Balaban J connectivity index is 1.77. The first kappa shape index (κ1) is 29.1. The number of carbonyl (C=O) groups excluding carboxylic acids is 1. The van der Waals surface area contributed by atoms with Gasteiger partial charge in [-0.05, 0) is 73.1 Å². The van der Waals surface area contributed by atoms with Gasteiger partial charge < -0.3 is 9.47 Å². The third kappa shape index (κ3) is 7.99. The summed E-state index contributed by atoms with van der Waals surface area (Å²) in [6.45, 7) is 4.84. The molecule has 1 aliphatic rings. The van der Waals surface area contributed by atoms with Crippen LogP contribution in [0.5, 0.6) is 11.5 Å². The molecule has 0 bridgehead atoms. The van der Waals surface area contributed by atoms with E-state index in [2.05, 4.69) is 11.3 Å². The molecule has 0 radical (unpaired) electrons. The SMILES string of the molecule is CCCCCCCCOc1cc(/C=C2\S/C(=N/S(=O)(=O)c3ccc(Cl)cc3)N(CC)C2=O)ccc1OC. The van der Waals surface area contributed by atoms with Crippen LogP contribution in [0, 0.1) is 0 Å². The van der Waals surface area contributed by atoms with Gasteiger partial charge in [-0.3, -0.25) is 9.69 Å². The molecule has 0 unspecified atom stereocenters. The van der Waals surface area contributed by atoms with Crippen molar-refractivity contribution in [3.8, 4) is 11.5 Å². The van der Waals surface area contributed by atoms with Crippen molar-refractivity contribution >= 4 is 50.5 Å². The van der Waals surface area contributed by atoms with Gasteiger partial charge in [0.15, 0.2) is 16.7 Å². The molecule has 2 aromatic rings. The van der Waals surface area contributed by atoms with Crippen LogP contribution in [-0.2, 0) is 14.8 Å². The zero-order valence-electron chi connectivity index (χ0n) is 21.4. The van der Waals surface area contributed by atoms with Crippen molar-refractivity contribution in [2.75, 3.05) is 20.3 Å². The number of hydrogen-bond donors (Lipinski definition) is 0. The number of halogens is 1.